The Bertz CT molecular complexity index is 683. The number of alkyl halides is 3. The van der Waals surface area contributed by atoms with E-state index >= 15 is 0 Å². The molecule has 1 aliphatic carbocycles. The van der Waals surface area contributed by atoms with Crippen molar-refractivity contribution in [1.29, 1.82) is 0 Å². The zero-order valence-electron chi connectivity index (χ0n) is 10.4. The van der Waals surface area contributed by atoms with Gasteiger partial charge in [0.25, 0.3) is 0 Å². The number of carboxylic acid groups (broad SMARTS) is 1. The van der Waals surface area contributed by atoms with Crippen molar-refractivity contribution in [2.24, 2.45) is 0 Å². The first-order chi connectivity index (χ1) is 9.33. The molecule has 3 rings (SSSR count). The maximum absolute atomic E-state index is 12.6. The third-order valence-electron chi connectivity index (χ3n) is 4.10. The zero-order valence-corrected chi connectivity index (χ0v) is 10.4. The Balaban J connectivity index is 2.09. The summed E-state index contributed by atoms with van der Waals surface area (Å²) in [6.07, 6.45) is -2.54. The van der Waals surface area contributed by atoms with Gasteiger partial charge in [-0.1, -0.05) is 12.5 Å². The lowest BCUT2D eigenvalue weighted by Gasteiger charge is -2.38. The number of hydrogen-bond acceptors (Lipinski definition) is 1. The van der Waals surface area contributed by atoms with E-state index < -0.39 is 23.3 Å². The smallest absolute Gasteiger partial charge is 0.431 e. The van der Waals surface area contributed by atoms with Crippen molar-refractivity contribution in [2.45, 2.75) is 30.9 Å². The second-order valence-corrected chi connectivity index (χ2v) is 5.22. The average molecular weight is 283 g/mol. The number of rotatable bonds is 2. The fraction of sp³-hybridized carbons (Fsp3) is 0.357. The summed E-state index contributed by atoms with van der Waals surface area (Å²) in [6, 6.07) is 5.69. The molecule has 0 aliphatic heterocycles. The van der Waals surface area contributed by atoms with Crippen LogP contribution in [0.5, 0.6) is 0 Å². The molecule has 0 atom stereocenters. The van der Waals surface area contributed by atoms with Gasteiger partial charge in [-0.15, -0.1) is 0 Å². The van der Waals surface area contributed by atoms with Crippen LogP contribution in [0.3, 0.4) is 0 Å². The van der Waals surface area contributed by atoms with Gasteiger partial charge >= 0.3 is 12.1 Å². The molecule has 1 fully saturated rings. The fourth-order valence-corrected chi connectivity index (χ4v) is 2.74. The van der Waals surface area contributed by atoms with Gasteiger partial charge in [0.1, 0.15) is 5.69 Å². The number of aromatic amines is 1. The van der Waals surface area contributed by atoms with Gasteiger partial charge in [-0.2, -0.15) is 13.2 Å². The molecule has 2 N–H and O–H groups in total. The Morgan fingerprint density at radius 2 is 1.95 bits per heavy atom. The van der Waals surface area contributed by atoms with Crippen LogP contribution in [0.1, 0.15) is 30.5 Å². The number of benzene rings is 1. The van der Waals surface area contributed by atoms with Crippen molar-refractivity contribution < 1.29 is 23.1 Å². The van der Waals surface area contributed by atoms with Crippen molar-refractivity contribution in [3.05, 3.63) is 35.5 Å². The highest BCUT2D eigenvalue weighted by atomic mass is 19.4. The molecule has 0 amide bonds. The first-order valence-electron chi connectivity index (χ1n) is 6.27. The monoisotopic (exact) mass is 283 g/mol. The summed E-state index contributed by atoms with van der Waals surface area (Å²) < 4.78 is 37.9. The summed E-state index contributed by atoms with van der Waals surface area (Å²) in [4.78, 5) is 13.7. The molecular formula is C14H12F3NO2. The number of carbonyl (C=O) groups is 1. The number of hydrogen-bond donors (Lipinski definition) is 2. The molecule has 3 nitrogen and oxygen atoms in total. The lowest BCUT2D eigenvalue weighted by molar-refractivity contribution is -0.147. The van der Waals surface area contributed by atoms with Crippen LogP contribution in [-0.4, -0.2) is 16.1 Å². The highest BCUT2D eigenvalue weighted by Gasteiger charge is 2.46. The highest BCUT2D eigenvalue weighted by Crippen LogP contribution is 2.45. The van der Waals surface area contributed by atoms with E-state index in [9.17, 15) is 23.1 Å². The van der Waals surface area contributed by atoms with Crippen LogP contribution in [0.4, 0.5) is 13.2 Å². The summed E-state index contributed by atoms with van der Waals surface area (Å²) in [5.74, 6) is -0.908. The van der Waals surface area contributed by atoms with Crippen LogP contribution in [0.25, 0.3) is 10.9 Å². The van der Waals surface area contributed by atoms with Gasteiger partial charge in [0, 0.05) is 10.9 Å². The summed E-state index contributed by atoms with van der Waals surface area (Å²) in [5.41, 5.74) is -0.802. The van der Waals surface area contributed by atoms with E-state index in [1.54, 1.807) is 12.1 Å². The van der Waals surface area contributed by atoms with Crippen molar-refractivity contribution >= 4 is 16.9 Å². The second-order valence-electron chi connectivity index (χ2n) is 5.22. The van der Waals surface area contributed by atoms with Gasteiger partial charge in [0.05, 0.1) is 5.41 Å². The number of fused-ring (bicyclic) bond motifs is 1. The van der Waals surface area contributed by atoms with E-state index in [-0.39, 0.29) is 0 Å². The number of aromatic nitrogens is 1. The minimum atomic E-state index is -4.43. The summed E-state index contributed by atoms with van der Waals surface area (Å²) in [7, 11) is 0. The quantitative estimate of drug-likeness (QED) is 0.883. The molecule has 0 spiro atoms. The van der Waals surface area contributed by atoms with Crippen LogP contribution in [0.15, 0.2) is 24.3 Å². The van der Waals surface area contributed by atoms with Crippen LogP contribution in [0.2, 0.25) is 0 Å². The summed E-state index contributed by atoms with van der Waals surface area (Å²) in [5, 5.41) is 9.75. The van der Waals surface area contributed by atoms with E-state index in [2.05, 4.69) is 4.98 Å². The van der Waals surface area contributed by atoms with E-state index in [1.165, 1.54) is 6.07 Å². The SMILES string of the molecule is O=C(O)C1(c2ccc3[nH]c(C(F)(F)F)cc3c2)CCC1. The van der Waals surface area contributed by atoms with Crippen molar-refractivity contribution in [2.75, 3.05) is 0 Å². The van der Waals surface area contributed by atoms with Crippen LogP contribution in [0, 0.1) is 0 Å². The Morgan fingerprint density at radius 1 is 1.25 bits per heavy atom. The lowest BCUT2D eigenvalue weighted by atomic mass is 9.64. The standard InChI is InChI=1S/C14H12F3NO2/c15-14(16,17)11-7-8-6-9(2-3-10(8)18-11)13(12(19)20)4-1-5-13/h2-3,6-7,18H,1,4-5H2,(H,19,20). The van der Waals surface area contributed by atoms with E-state index in [0.29, 0.717) is 29.3 Å². The zero-order chi connectivity index (χ0) is 14.5. The van der Waals surface area contributed by atoms with E-state index in [1.807, 2.05) is 0 Å². The molecule has 1 heterocycles. The van der Waals surface area contributed by atoms with Crippen molar-refractivity contribution in [3.63, 3.8) is 0 Å². The van der Waals surface area contributed by atoms with Gasteiger partial charge in [0.15, 0.2) is 0 Å². The third-order valence-corrected chi connectivity index (χ3v) is 4.10. The fourth-order valence-electron chi connectivity index (χ4n) is 2.74. The Morgan fingerprint density at radius 3 is 2.45 bits per heavy atom. The number of halogens is 3. The Kier molecular flexibility index (Phi) is 2.61. The molecule has 20 heavy (non-hydrogen) atoms. The number of H-pyrrole nitrogens is 1. The molecule has 1 aromatic heterocycles. The van der Waals surface area contributed by atoms with Crippen molar-refractivity contribution in [3.8, 4) is 0 Å². The molecular weight excluding hydrogens is 271 g/mol. The largest absolute Gasteiger partial charge is 0.481 e. The van der Waals surface area contributed by atoms with Gasteiger partial charge in [-0.05, 0) is 36.6 Å². The van der Waals surface area contributed by atoms with Gasteiger partial charge < -0.3 is 10.1 Å². The summed E-state index contributed by atoms with van der Waals surface area (Å²) in [6.45, 7) is 0. The van der Waals surface area contributed by atoms with Gasteiger partial charge in [0.2, 0.25) is 0 Å². The predicted molar refractivity (Wildman–Crippen MR) is 66.5 cm³/mol. The number of aliphatic carboxylic acids is 1. The maximum Gasteiger partial charge on any atom is 0.431 e. The lowest BCUT2D eigenvalue weighted by Crippen LogP contribution is -2.42. The minimum absolute atomic E-state index is 0.362. The molecule has 1 saturated carbocycles. The topological polar surface area (TPSA) is 53.1 Å². The molecule has 0 saturated heterocycles. The number of nitrogens with one attached hydrogen (secondary N) is 1. The van der Waals surface area contributed by atoms with Crippen LogP contribution in [-0.2, 0) is 16.4 Å². The molecule has 6 heteroatoms. The summed E-state index contributed by atoms with van der Waals surface area (Å²) >= 11 is 0. The first-order valence-corrected chi connectivity index (χ1v) is 6.27. The molecule has 2 aromatic rings. The molecule has 0 unspecified atom stereocenters. The van der Waals surface area contributed by atoms with E-state index in [0.717, 1.165) is 12.5 Å². The van der Waals surface area contributed by atoms with Crippen molar-refractivity contribution in [1.82, 2.24) is 4.98 Å². The molecule has 1 aromatic carbocycles. The minimum Gasteiger partial charge on any atom is -0.481 e. The van der Waals surface area contributed by atoms with Gasteiger partial charge in [-0.25, -0.2) is 0 Å². The second kappa shape index (κ2) is 4.01. The van der Waals surface area contributed by atoms with Crippen LogP contribution < -0.4 is 0 Å². The average Bonchev–Trinajstić information content (AvgIpc) is 2.69. The molecule has 0 bridgehead atoms. The Hall–Kier alpha value is -1.98. The predicted octanol–water partition coefficient (Wildman–Crippen LogP) is 3.69. The maximum atomic E-state index is 12.6. The first kappa shape index (κ1) is 13.0. The highest BCUT2D eigenvalue weighted by molar-refractivity contribution is 5.87. The van der Waals surface area contributed by atoms with Gasteiger partial charge in [-0.3, -0.25) is 4.79 Å². The Labute approximate surface area is 112 Å². The molecule has 0 radical (unpaired) electrons. The number of carboxylic acids is 1. The molecule has 1 aliphatic rings. The normalized spacial score (nSPS) is 17.9. The van der Waals surface area contributed by atoms with E-state index in [4.69, 9.17) is 0 Å². The third kappa shape index (κ3) is 1.78. The van der Waals surface area contributed by atoms with Crippen LogP contribution >= 0.6 is 0 Å². The molecule has 106 valence electrons.